The summed E-state index contributed by atoms with van der Waals surface area (Å²) in [6, 6.07) is 14.8. The SMILES string of the molecule is O=C(O)c1cccc(C(=O)N2CCN(S(=O)(=O)Cc3ccccc3)CC2)c1. The highest BCUT2D eigenvalue weighted by Crippen LogP contribution is 2.16. The molecule has 8 heteroatoms. The molecule has 1 aliphatic rings. The van der Waals surface area contributed by atoms with Crippen LogP contribution in [0.25, 0.3) is 0 Å². The number of sulfonamides is 1. The lowest BCUT2D eigenvalue weighted by Crippen LogP contribution is -2.50. The van der Waals surface area contributed by atoms with Crippen LogP contribution in [-0.2, 0) is 15.8 Å². The molecule has 1 fully saturated rings. The second kappa shape index (κ2) is 7.89. The average molecular weight is 388 g/mol. The first-order valence-corrected chi connectivity index (χ1v) is 10.1. The highest BCUT2D eigenvalue weighted by Gasteiger charge is 2.29. The van der Waals surface area contributed by atoms with E-state index in [1.807, 2.05) is 6.07 Å². The van der Waals surface area contributed by atoms with E-state index in [-0.39, 0.29) is 49.0 Å². The number of piperazine rings is 1. The van der Waals surface area contributed by atoms with E-state index in [1.54, 1.807) is 35.2 Å². The van der Waals surface area contributed by atoms with Gasteiger partial charge in [0.1, 0.15) is 0 Å². The normalized spacial score (nSPS) is 15.5. The number of hydrogen-bond donors (Lipinski definition) is 1. The third kappa shape index (κ3) is 4.53. The van der Waals surface area contributed by atoms with Crippen molar-refractivity contribution in [1.29, 1.82) is 0 Å². The number of nitrogens with zero attached hydrogens (tertiary/aromatic N) is 2. The Hall–Kier alpha value is -2.71. The lowest BCUT2D eigenvalue weighted by molar-refractivity contribution is 0.0696. The second-order valence-electron chi connectivity index (χ2n) is 6.32. The maximum atomic E-state index is 12.6. The molecule has 2 aromatic carbocycles. The molecule has 0 spiro atoms. The molecule has 0 bridgehead atoms. The van der Waals surface area contributed by atoms with Crippen LogP contribution in [0.15, 0.2) is 54.6 Å². The van der Waals surface area contributed by atoms with E-state index in [2.05, 4.69) is 0 Å². The summed E-state index contributed by atoms with van der Waals surface area (Å²) >= 11 is 0. The minimum absolute atomic E-state index is 0.0462. The number of amides is 1. The molecule has 1 amide bonds. The molecule has 0 radical (unpaired) electrons. The van der Waals surface area contributed by atoms with Crippen LogP contribution in [0.4, 0.5) is 0 Å². The summed E-state index contributed by atoms with van der Waals surface area (Å²) in [5.74, 6) is -1.46. The van der Waals surface area contributed by atoms with Crippen molar-refractivity contribution in [3.63, 3.8) is 0 Å². The van der Waals surface area contributed by atoms with Crippen LogP contribution >= 0.6 is 0 Å². The minimum Gasteiger partial charge on any atom is -0.478 e. The molecule has 7 nitrogen and oxygen atoms in total. The van der Waals surface area contributed by atoms with E-state index in [9.17, 15) is 18.0 Å². The van der Waals surface area contributed by atoms with Crippen LogP contribution in [0, 0.1) is 0 Å². The summed E-state index contributed by atoms with van der Waals surface area (Å²) in [6.07, 6.45) is 0. The Morgan fingerprint density at radius 3 is 2.15 bits per heavy atom. The van der Waals surface area contributed by atoms with E-state index in [4.69, 9.17) is 5.11 Å². The largest absolute Gasteiger partial charge is 0.478 e. The Balaban J connectivity index is 1.64. The first kappa shape index (κ1) is 19.1. The fraction of sp³-hybridized carbons (Fsp3) is 0.263. The molecule has 1 heterocycles. The van der Waals surface area contributed by atoms with Gasteiger partial charge in [-0.05, 0) is 23.8 Å². The number of carboxylic acids is 1. The molecule has 3 rings (SSSR count). The van der Waals surface area contributed by atoms with Crippen LogP contribution in [0.5, 0.6) is 0 Å². The third-order valence-corrected chi connectivity index (χ3v) is 6.32. The zero-order chi connectivity index (χ0) is 19.4. The molecule has 2 aromatic rings. The van der Waals surface area contributed by atoms with Crippen LogP contribution in [0.3, 0.4) is 0 Å². The number of carbonyl (C=O) groups excluding carboxylic acids is 1. The van der Waals surface area contributed by atoms with Gasteiger partial charge in [-0.2, -0.15) is 4.31 Å². The first-order chi connectivity index (χ1) is 12.9. The quantitative estimate of drug-likeness (QED) is 0.841. The standard InChI is InChI=1S/C19H20N2O5S/c22-18(16-7-4-8-17(13-16)19(23)24)20-9-11-21(12-10-20)27(25,26)14-15-5-2-1-3-6-15/h1-8,13H,9-12,14H2,(H,23,24). The molecule has 0 saturated carbocycles. The average Bonchev–Trinajstić information content (AvgIpc) is 2.68. The molecule has 142 valence electrons. The molecular weight excluding hydrogens is 368 g/mol. The molecule has 1 aliphatic heterocycles. The predicted molar refractivity (Wildman–Crippen MR) is 99.9 cm³/mol. The number of aromatic carboxylic acids is 1. The molecule has 0 unspecified atom stereocenters. The summed E-state index contributed by atoms with van der Waals surface area (Å²) in [5, 5.41) is 9.05. The number of carbonyl (C=O) groups is 2. The minimum atomic E-state index is -3.45. The molecule has 0 atom stereocenters. The second-order valence-corrected chi connectivity index (χ2v) is 8.29. The van der Waals surface area contributed by atoms with E-state index < -0.39 is 16.0 Å². The lowest BCUT2D eigenvalue weighted by atomic mass is 10.1. The number of benzene rings is 2. The number of hydrogen-bond acceptors (Lipinski definition) is 4. The van der Waals surface area contributed by atoms with Gasteiger partial charge in [-0.15, -0.1) is 0 Å². The van der Waals surface area contributed by atoms with Gasteiger partial charge < -0.3 is 10.0 Å². The van der Waals surface area contributed by atoms with E-state index in [0.29, 0.717) is 0 Å². The topological polar surface area (TPSA) is 95.0 Å². The zero-order valence-electron chi connectivity index (χ0n) is 14.6. The van der Waals surface area contributed by atoms with Gasteiger partial charge in [0, 0.05) is 31.7 Å². The molecule has 0 aliphatic carbocycles. The maximum absolute atomic E-state index is 12.6. The highest BCUT2D eigenvalue weighted by molar-refractivity contribution is 7.88. The Kier molecular flexibility index (Phi) is 5.57. The summed E-state index contributed by atoms with van der Waals surface area (Å²) < 4.78 is 26.6. The van der Waals surface area contributed by atoms with Gasteiger partial charge in [0.25, 0.3) is 5.91 Å². The van der Waals surface area contributed by atoms with Crippen molar-refractivity contribution in [2.75, 3.05) is 26.2 Å². The van der Waals surface area contributed by atoms with Crippen molar-refractivity contribution in [3.8, 4) is 0 Å². The van der Waals surface area contributed by atoms with Crippen LogP contribution in [0.1, 0.15) is 26.3 Å². The van der Waals surface area contributed by atoms with Crippen molar-refractivity contribution >= 4 is 21.9 Å². The number of carboxylic acid groups (broad SMARTS) is 1. The summed E-state index contributed by atoms with van der Waals surface area (Å²) in [6.45, 7) is 0.980. The number of rotatable bonds is 5. The van der Waals surface area contributed by atoms with Crippen LogP contribution in [-0.4, -0.2) is 60.8 Å². The smallest absolute Gasteiger partial charge is 0.335 e. The monoisotopic (exact) mass is 388 g/mol. The van der Waals surface area contributed by atoms with Gasteiger partial charge in [-0.1, -0.05) is 36.4 Å². The summed E-state index contributed by atoms with van der Waals surface area (Å²) in [5.41, 5.74) is 1.06. The lowest BCUT2D eigenvalue weighted by Gasteiger charge is -2.34. The van der Waals surface area contributed by atoms with Gasteiger partial charge in [0.15, 0.2) is 0 Å². The van der Waals surface area contributed by atoms with Crippen molar-refractivity contribution in [3.05, 3.63) is 71.3 Å². The Labute approximate surface area is 157 Å². The van der Waals surface area contributed by atoms with Gasteiger partial charge in [-0.25, -0.2) is 13.2 Å². The Morgan fingerprint density at radius 2 is 1.52 bits per heavy atom. The van der Waals surface area contributed by atoms with Crippen molar-refractivity contribution in [2.45, 2.75) is 5.75 Å². The third-order valence-electron chi connectivity index (χ3n) is 4.47. The molecule has 27 heavy (non-hydrogen) atoms. The predicted octanol–water partition coefficient (Wildman–Crippen LogP) is 1.67. The summed E-state index contributed by atoms with van der Waals surface area (Å²) in [4.78, 5) is 25.2. The fourth-order valence-electron chi connectivity index (χ4n) is 3.01. The summed E-state index contributed by atoms with van der Waals surface area (Å²) in [7, 11) is -3.45. The molecular formula is C19H20N2O5S. The van der Waals surface area contributed by atoms with Crippen molar-refractivity contribution in [2.24, 2.45) is 0 Å². The van der Waals surface area contributed by atoms with Gasteiger partial charge in [0.05, 0.1) is 11.3 Å². The molecule has 0 aromatic heterocycles. The van der Waals surface area contributed by atoms with Crippen LogP contribution < -0.4 is 0 Å². The zero-order valence-corrected chi connectivity index (χ0v) is 15.4. The molecule has 1 saturated heterocycles. The van der Waals surface area contributed by atoms with Crippen molar-refractivity contribution in [1.82, 2.24) is 9.21 Å². The molecule has 1 N–H and O–H groups in total. The first-order valence-electron chi connectivity index (χ1n) is 8.51. The van der Waals surface area contributed by atoms with E-state index in [1.165, 1.54) is 22.5 Å². The Morgan fingerprint density at radius 1 is 0.889 bits per heavy atom. The maximum Gasteiger partial charge on any atom is 0.335 e. The van der Waals surface area contributed by atoms with E-state index in [0.717, 1.165) is 5.56 Å². The fourth-order valence-corrected chi connectivity index (χ4v) is 4.53. The van der Waals surface area contributed by atoms with Gasteiger partial charge >= 0.3 is 5.97 Å². The van der Waals surface area contributed by atoms with Gasteiger partial charge in [-0.3, -0.25) is 4.79 Å². The highest BCUT2D eigenvalue weighted by atomic mass is 32.2. The van der Waals surface area contributed by atoms with Crippen LogP contribution in [0.2, 0.25) is 0 Å². The Bertz CT molecular complexity index is 936. The van der Waals surface area contributed by atoms with Gasteiger partial charge in [0.2, 0.25) is 10.0 Å². The van der Waals surface area contributed by atoms with E-state index >= 15 is 0 Å². The van der Waals surface area contributed by atoms with Crippen molar-refractivity contribution < 1.29 is 23.1 Å².